The van der Waals surface area contributed by atoms with Crippen LogP contribution in [0.5, 0.6) is 0 Å². The molecule has 0 saturated heterocycles. The predicted octanol–water partition coefficient (Wildman–Crippen LogP) is 12.1. The lowest BCUT2D eigenvalue weighted by atomic mass is 10.0. The molecule has 0 aliphatic carbocycles. The summed E-state index contributed by atoms with van der Waals surface area (Å²) in [6.45, 7) is 0. The Morgan fingerprint density at radius 3 is 1.82 bits per heavy atom. The fourth-order valence-electron chi connectivity index (χ4n) is 7.24. The zero-order chi connectivity index (χ0) is 32.1. The van der Waals surface area contributed by atoms with Crippen LogP contribution >= 0.6 is 11.3 Å². The Balaban J connectivity index is 1.22. The molecule has 4 heterocycles. The van der Waals surface area contributed by atoms with E-state index >= 15 is 0 Å². The van der Waals surface area contributed by atoms with E-state index in [0.717, 1.165) is 87.2 Å². The third-order valence-electron chi connectivity index (χ3n) is 9.52. The molecular formula is C43H23N3O2S. The number of nitrogens with zero attached hydrogens (tertiary/aromatic N) is 3. The molecule has 0 fully saturated rings. The van der Waals surface area contributed by atoms with Gasteiger partial charge in [0.15, 0.2) is 17.5 Å². The molecule has 7 aromatic carbocycles. The van der Waals surface area contributed by atoms with E-state index in [1.807, 2.05) is 42.5 Å². The third-order valence-corrected chi connectivity index (χ3v) is 10.6. The zero-order valence-corrected chi connectivity index (χ0v) is 26.7. The topological polar surface area (TPSA) is 65.0 Å². The minimum absolute atomic E-state index is 0.558. The summed E-state index contributed by atoms with van der Waals surface area (Å²) in [4.78, 5) is 15.3. The van der Waals surface area contributed by atoms with E-state index in [-0.39, 0.29) is 0 Å². The largest absolute Gasteiger partial charge is 0.456 e. The van der Waals surface area contributed by atoms with E-state index in [2.05, 4.69) is 97.1 Å². The number of rotatable bonds is 4. The number of hydrogen-bond acceptors (Lipinski definition) is 6. The first-order valence-corrected chi connectivity index (χ1v) is 17.0. The van der Waals surface area contributed by atoms with Gasteiger partial charge in [0.05, 0.1) is 10.9 Å². The predicted molar refractivity (Wildman–Crippen MR) is 200 cm³/mol. The molecule has 0 amide bonds. The van der Waals surface area contributed by atoms with Crippen LogP contribution in [0.15, 0.2) is 148 Å². The second kappa shape index (κ2) is 10.1. The minimum atomic E-state index is 0.558. The number of thiophene rings is 1. The molecule has 6 heteroatoms. The van der Waals surface area contributed by atoms with Crippen molar-refractivity contribution < 1.29 is 8.83 Å². The van der Waals surface area contributed by atoms with Gasteiger partial charge < -0.3 is 8.83 Å². The molecule has 0 bridgehead atoms. The van der Waals surface area contributed by atoms with Crippen LogP contribution in [0.3, 0.4) is 0 Å². The van der Waals surface area contributed by atoms with Gasteiger partial charge in [-0.1, -0.05) is 109 Å². The summed E-state index contributed by atoms with van der Waals surface area (Å²) in [7, 11) is 0. The van der Waals surface area contributed by atoms with Crippen LogP contribution in [0.2, 0.25) is 0 Å². The Bertz CT molecular complexity index is 3030. The van der Waals surface area contributed by atoms with Crippen LogP contribution in [-0.4, -0.2) is 15.0 Å². The van der Waals surface area contributed by atoms with Gasteiger partial charge in [-0.3, -0.25) is 0 Å². The maximum atomic E-state index is 7.17. The van der Waals surface area contributed by atoms with E-state index < -0.39 is 0 Å². The van der Waals surface area contributed by atoms with Crippen LogP contribution in [0.1, 0.15) is 0 Å². The highest BCUT2D eigenvalue weighted by molar-refractivity contribution is 7.26. The molecule has 0 N–H and O–H groups in total. The number of benzene rings is 7. The molecule has 228 valence electrons. The van der Waals surface area contributed by atoms with Crippen LogP contribution < -0.4 is 0 Å². The molecule has 4 aromatic heterocycles. The molecule has 0 spiro atoms. The van der Waals surface area contributed by atoms with E-state index in [1.165, 1.54) is 4.70 Å². The fraction of sp³-hybridized carbons (Fsp3) is 0. The standard InChI is InChI=1S/C43H23N3O2S/c1-3-9-24(10-4-1)25-15-17-27(18-16-25)42-44-41(26-11-5-2-6-12-26)45-43(46-42)30-19-21-34-38-37-33(49-34)22-20-31-35(37)36-32(47-31)23-28-13-7-8-14-29(28)39(36)48-40(30)38/h1-23H. The summed E-state index contributed by atoms with van der Waals surface area (Å²) in [6.07, 6.45) is 0. The van der Waals surface area contributed by atoms with Gasteiger partial charge in [-0.15, -0.1) is 11.3 Å². The lowest BCUT2D eigenvalue weighted by molar-refractivity contribution is 0.660. The van der Waals surface area contributed by atoms with Crippen molar-refractivity contribution in [2.75, 3.05) is 0 Å². The maximum absolute atomic E-state index is 7.17. The Kier molecular flexibility index (Phi) is 5.48. The summed E-state index contributed by atoms with van der Waals surface area (Å²) in [5.74, 6) is 1.77. The SMILES string of the molecule is c1ccc(-c2ccc(-c3nc(-c4ccccc4)nc(-c4ccc5sc6ccc7oc8cc9ccccc9c9oc4c5c6c7c89)n3)cc2)cc1. The van der Waals surface area contributed by atoms with E-state index in [9.17, 15) is 0 Å². The average Bonchev–Trinajstić information content (AvgIpc) is 3.68. The van der Waals surface area contributed by atoms with Crippen LogP contribution in [0.25, 0.3) is 109 Å². The highest BCUT2D eigenvalue weighted by Gasteiger charge is 2.25. The van der Waals surface area contributed by atoms with Crippen molar-refractivity contribution in [1.29, 1.82) is 0 Å². The fourth-order valence-corrected chi connectivity index (χ4v) is 8.35. The number of aromatic nitrogens is 3. The van der Waals surface area contributed by atoms with E-state index in [1.54, 1.807) is 11.3 Å². The molecule has 0 aliphatic rings. The zero-order valence-electron chi connectivity index (χ0n) is 25.8. The molecule has 0 atom stereocenters. The normalized spacial score (nSPS) is 12.1. The lowest BCUT2D eigenvalue weighted by Gasteiger charge is -2.10. The number of furan rings is 1. The first kappa shape index (κ1) is 26.7. The van der Waals surface area contributed by atoms with Crippen molar-refractivity contribution in [2.45, 2.75) is 0 Å². The molecule has 11 aromatic rings. The van der Waals surface area contributed by atoms with Crippen LogP contribution in [0.4, 0.5) is 0 Å². The molecule has 0 unspecified atom stereocenters. The molecule has 0 saturated carbocycles. The molecule has 11 rings (SSSR count). The van der Waals surface area contributed by atoms with Gasteiger partial charge >= 0.3 is 0 Å². The van der Waals surface area contributed by atoms with Crippen molar-refractivity contribution in [3.05, 3.63) is 140 Å². The second-order valence-electron chi connectivity index (χ2n) is 12.3. The first-order valence-electron chi connectivity index (χ1n) is 16.2. The van der Waals surface area contributed by atoms with E-state index in [4.69, 9.17) is 23.8 Å². The van der Waals surface area contributed by atoms with Gasteiger partial charge in [-0.2, -0.15) is 0 Å². The summed E-state index contributed by atoms with van der Waals surface area (Å²) in [6, 6.07) is 47.8. The molecule has 0 radical (unpaired) electrons. The number of fused-ring (bicyclic) bond motifs is 2. The second-order valence-corrected chi connectivity index (χ2v) is 13.4. The van der Waals surface area contributed by atoms with Crippen molar-refractivity contribution in [1.82, 2.24) is 15.0 Å². The Morgan fingerprint density at radius 2 is 1.02 bits per heavy atom. The lowest BCUT2D eigenvalue weighted by Crippen LogP contribution is -2.00. The van der Waals surface area contributed by atoms with Gasteiger partial charge in [-0.25, -0.2) is 15.0 Å². The Morgan fingerprint density at radius 1 is 0.408 bits per heavy atom. The quantitative estimate of drug-likeness (QED) is 0.191. The highest BCUT2D eigenvalue weighted by atomic mass is 32.1. The van der Waals surface area contributed by atoms with Gasteiger partial charge in [0.1, 0.15) is 22.3 Å². The maximum Gasteiger partial charge on any atom is 0.167 e. The van der Waals surface area contributed by atoms with Crippen molar-refractivity contribution in [2.24, 2.45) is 0 Å². The van der Waals surface area contributed by atoms with Gasteiger partial charge in [0.25, 0.3) is 0 Å². The Hall–Kier alpha value is -6.37. The van der Waals surface area contributed by atoms with Gasteiger partial charge in [0.2, 0.25) is 0 Å². The summed E-state index contributed by atoms with van der Waals surface area (Å²) >= 11 is 1.76. The van der Waals surface area contributed by atoms with Crippen molar-refractivity contribution in [3.63, 3.8) is 0 Å². The summed E-state index contributed by atoms with van der Waals surface area (Å²) in [5, 5.41) is 6.39. The number of hydrogen-bond donors (Lipinski definition) is 0. The average molecular weight is 646 g/mol. The molecule has 49 heavy (non-hydrogen) atoms. The summed E-state index contributed by atoms with van der Waals surface area (Å²) < 4.78 is 16.0. The highest BCUT2D eigenvalue weighted by Crippen LogP contribution is 2.49. The summed E-state index contributed by atoms with van der Waals surface area (Å²) in [5.41, 5.74) is 8.16. The third kappa shape index (κ3) is 3.95. The van der Waals surface area contributed by atoms with Crippen molar-refractivity contribution >= 4 is 75.4 Å². The molecule has 0 aliphatic heterocycles. The monoisotopic (exact) mass is 645 g/mol. The van der Waals surface area contributed by atoms with Crippen molar-refractivity contribution in [3.8, 4) is 45.3 Å². The minimum Gasteiger partial charge on any atom is -0.456 e. The molecular weight excluding hydrogens is 623 g/mol. The smallest absolute Gasteiger partial charge is 0.167 e. The van der Waals surface area contributed by atoms with Gasteiger partial charge in [0, 0.05) is 42.1 Å². The van der Waals surface area contributed by atoms with E-state index in [0.29, 0.717) is 17.5 Å². The van der Waals surface area contributed by atoms with Crippen LogP contribution in [-0.2, 0) is 0 Å². The Labute approximate surface area is 283 Å². The van der Waals surface area contributed by atoms with Gasteiger partial charge in [-0.05, 0) is 46.8 Å². The first-order chi connectivity index (χ1) is 24.3. The molecule has 5 nitrogen and oxygen atoms in total. The van der Waals surface area contributed by atoms with Crippen LogP contribution in [0, 0.1) is 0 Å².